The van der Waals surface area contributed by atoms with Crippen LogP contribution in [0.4, 0.5) is 0 Å². The highest BCUT2D eigenvalue weighted by Gasteiger charge is 1.78. The second kappa shape index (κ2) is 9.22. The lowest BCUT2D eigenvalue weighted by Gasteiger charge is -1.84. The average Bonchev–Trinajstić information content (AvgIpc) is 1.97. The molecule has 0 rings (SSSR count). The molecule has 0 radical (unpaired) electrons. The molecule has 0 aromatic carbocycles. The Balaban J connectivity index is 2.98. The highest BCUT2D eigenvalue weighted by molar-refractivity contribution is 8.07. The first kappa shape index (κ1) is 10.2. The van der Waals surface area contributed by atoms with Crippen molar-refractivity contribution in [2.75, 3.05) is 18.1 Å². The van der Waals surface area contributed by atoms with E-state index in [1.807, 2.05) is 0 Å². The molecule has 58 valence electrons. The molecule has 0 fully saturated rings. The minimum absolute atomic E-state index is 0.220. The van der Waals surface area contributed by atoms with Gasteiger partial charge < -0.3 is 5.11 Å². The van der Waals surface area contributed by atoms with E-state index in [1.165, 1.54) is 18.2 Å². The van der Waals surface area contributed by atoms with Crippen LogP contribution in [0.5, 0.6) is 0 Å². The van der Waals surface area contributed by atoms with E-state index < -0.39 is 0 Å². The second-order valence-corrected chi connectivity index (χ2v) is 3.43. The van der Waals surface area contributed by atoms with Crippen LogP contribution in [0.1, 0.15) is 13.3 Å². The van der Waals surface area contributed by atoms with E-state index in [2.05, 4.69) is 17.4 Å². The lowest BCUT2D eigenvalue weighted by atomic mass is 10.6. The monoisotopic (exact) mass is 176 g/mol. The first-order valence-corrected chi connectivity index (χ1v) is 5.23. The number of thioether (sulfide) groups is 2. The Morgan fingerprint density at radius 1 is 1.20 bits per heavy atom. The van der Waals surface area contributed by atoms with Crippen LogP contribution in [0.15, 0.2) is 0 Å². The highest BCUT2D eigenvalue weighted by Crippen LogP contribution is 2.01. The van der Waals surface area contributed by atoms with E-state index >= 15 is 0 Å². The molecule has 10 heavy (non-hydrogen) atoms. The molecule has 0 aliphatic rings. The summed E-state index contributed by atoms with van der Waals surface area (Å²) in [5, 5.41) is 14.2. The van der Waals surface area contributed by atoms with Crippen LogP contribution < -0.4 is 0 Å². The van der Waals surface area contributed by atoms with Gasteiger partial charge in [0, 0.05) is 11.5 Å². The average molecular weight is 176 g/mol. The highest BCUT2D eigenvalue weighted by atomic mass is 32.2. The minimum atomic E-state index is 0.220. The number of rotatable bonds is 4. The summed E-state index contributed by atoms with van der Waals surface area (Å²) in [6, 6.07) is 0. The van der Waals surface area contributed by atoms with E-state index in [9.17, 15) is 0 Å². The second-order valence-electron chi connectivity index (χ2n) is 1.62. The summed E-state index contributed by atoms with van der Waals surface area (Å²) in [5.41, 5.74) is 0. The van der Waals surface area contributed by atoms with Crippen LogP contribution in [-0.2, 0) is 0 Å². The standard InChI is InChI=1S/C7H12OS2/c1-2-4-9-6-7-10-5-3-8/h8H,2-5H2,1H3. The van der Waals surface area contributed by atoms with Crippen LogP contribution in [0, 0.1) is 10.5 Å². The molecule has 1 N–H and O–H groups in total. The fraction of sp³-hybridized carbons (Fsp3) is 0.714. The summed E-state index contributed by atoms with van der Waals surface area (Å²) < 4.78 is 0. The molecule has 1 nitrogen and oxygen atoms in total. The van der Waals surface area contributed by atoms with Gasteiger partial charge in [-0.15, -0.1) is 0 Å². The first-order chi connectivity index (χ1) is 4.91. The van der Waals surface area contributed by atoms with Crippen molar-refractivity contribution in [2.24, 2.45) is 0 Å². The van der Waals surface area contributed by atoms with E-state index in [1.54, 1.807) is 11.8 Å². The van der Waals surface area contributed by atoms with Crippen molar-refractivity contribution in [3.05, 3.63) is 0 Å². The zero-order valence-corrected chi connectivity index (χ0v) is 7.73. The van der Waals surface area contributed by atoms with Gasteiger partial charge in [-0.05, 0) is 16.9 Å². The van der Waals surface area contributed by atoms with Gasteiger partial charge in [-0.3, -0.25) is 0 Å². The summed E-state index contributed by atoms with van der Waals surface area (Å²) >= 11 is 3.11. The molecule has 0 amide bonds. The van der Waals surface area contributed by atoms with Gasteiger partial charge in [0.05, 0.1) is 6.61 Å². The maximum atomic E-state index is 8.37. The predicted molar refractivity (Wildman–Crippen MR) is 50.1 cm³/mol. The topological polar surface area (TPSA) is 20.2 Å². The Morgan fingerprint density at radius 3 is 2.30 bits per heavy atom. The Bertz CT molecular complexity index is 103. The summed E-state index contributed by atoms with van der Waals surface area (Å²) in [5.74, 6) is 1.83. The maximum Gasteiger partial charge on any atom is 0.0531 e. The number of aliphatic hydroxyl groups is 1. The van der Waals surface area contributed by atoms with Gasteiger partial charge in [0.1, 0.15) is 0 Å². The van der Waals surface area contributed by atoms with E-state index in [0.29, 0.717) is 0 Å². The Hall–Kier alpha value is 0.220. The molecule has 0 aromatic rings. The summed E-state index contributed by atoms with van der Waals surface area (Å²) in [7, 11) is 0. The zero-order chi connectivity index (χ0) is 7.66. The lowest BCUT2D eigenvalue weighted by Crippen LogP contribution is -1.81. The quantitative estimate of drug-likeness (QED) is 0.521. The fourth-order valence-electron chi connectivity index (χ4n) is 0.309. The Labute approximate surface area is 71.0 Å². The molecule has 3 heteroatoms. The molecule has 0 atom stereocenters. The largest absolute Gasteiger partial charge is 0.395 e. The van der Waals surface area contributed by atoms with Crippen LogP contribution in [-0.4, -0.2) is 23.2 Å². The first-order valence-electron chi connectivity index (χ1n) is 3.26. The fourth-order valence-corrected chi connectivity index (χ4v) is 1.28. The van der Waals surface area contributed by atoms with Crippen LogP contribution >= 0.6 is 23.5 Å². The molecular formula is C7H12OS2. The molecule has 0 heterocycles. The predicted octanol–water partition coefficient (Wildman–Crippen LogP) is 1.77. The third kappa shape index (κ3) is 8.22. The lowest BCUT2D eigenvalue weighted by molar-refractivity contribution is 0.323. The summed E-state index contributed by atoms with van der Waals surface area (Å²) in [6.45, 7) is 2.35. The zero-order valence-electron chi connectivity index (χ0n) is 6.09. The molecule has 0 saturated heterocycles. The van der Waals surface area contributed by atoms with Crippen molar-refractivity contribution in [3.8, 4) is 10.5 Å². The number of hydrogen-bond acceptors (Lipinski definition) is 3. The maximum absolute atomic E-state index is 8.37. The van der Waals surface area contributed by atoms with E-state index in [0.717, 1.165) is 11.5 Å². The number of hydrogen-bond donors (Lipinski definition) is 1. The van der Waals surface area contributed by atoms with Crippen molar-refractivity contribution in [1.82, 2.24) is 0 Å². The Morgan fingerprint density at radius 2 is 1.80 bits per heavy atom. The number of aliphatic hydroxyl groups excluding tert-OH is 1. The normalized spacial score (nSPS) is 8.60. The van der Waals surface area contributed by atoms with Crippen molar-refractivity contribution < 1.29 is 5.11 Å². The van der Waals surface area contributed by atoms with Gasteiger partial charge in [-0.1, -0.05) is 30.4 Å². The van der Waals surface area contributed by atoms with Crippen LogP contribution in [0.25, 0.3) is 0 Å². The summed E-state index contributed by atoms with van der Waals surface area (Å²) in [4.78, 5) is 0. The van der Waals surface area contributed by atoms with Crippen LogP contribution in [0.3, 0.4) is 0 Å². The van der Waals surface area contributed by atoms with Gasteiger partial charge >= 0.3 is 0 Å². The molecule has 0 bridgehead atoms. The van der Waals surface area contributed by atoms with Gasteiger partial charge in [-0.2, -0.15) is 0 Å². The Kier molecular flexibility index (Phi) is 9.42. The van der Waals surface area contributed by atoms with Gasteiger partial charge in [0.2, 0.25) is 0 Å². The molecule has 0 saturated carbocycles. The molecule has 0 aliphatic carbocycles. The van der Waals surface area contributed by atoms with E-state index in [-0.39, 0.29) is 6.61 Å². The third-order valence-corrected chi connectivity index (χ3v) is 2.31. The van der Waals surface area contributed by atoms with Gasteiger partial charge in [0.25, 0.3) is 0 Å². The molecule has 0 aromatic heterocycles. The van der Waals surface area contributed by atoms with Crippen LogP contribution in [0.2, 0.25) is 0 Å². The van der Waals surface area contributed by atoms with Crippen molar-refractivity contribution in [3.63, 3.8) is 0 Å². The molecular weight excluding hydrogens is 164 g/mol. The smallest absolute Gasteiger partial charge is 0.0531 e. The molecule has 0 unspecified atom stereocenters. The van der Waals surface area contributed by atoms with Crippen molar-refractivity contribution in [2.45, 2.75) is 13.3 Å². The third-order valence-electron chi connectivity index (χ3n) is 0.686. The van der Waals surface area contributed by atoms with Gasteiger partial charge in [-0.25, -0.2) is 0 Å². The molecule has 0 aliphatic heterocycles. The molecule has 0 spiro atoms. The van der Waals surface area contributed by atoms with Crippen molar-refractivity contribution >= 4 is 23.5 Å². The minimum Gasteiger partial charge on any atom is -0.395 e. The summed E-state index contributed by atoms with van der Waals surface area (Å²) in [6.07, 6.45) is 1.17. The SMILES string of the molecule is CCCSC#CSCCO. The van der Waals surface area contributed by atoms with E-state index in [4.69, 9.17) is 5.11 Å². The van der Waals surface area contributed by atoms with Crippen molar-refractivity contribution in [1.29, 1.82) is 0 Å². The van der Waals surface area contributed by atoms with Gasteiger partial charge in [0.15, 0.2) is 0 Å².